The second kappa shape index (κ2) is 7.62. The van der Waals surface area contributed by atoms with Gasteiger partial charge in [0.05, 0.1) is 22.9 Å². The van der Waals surface area contributed by atoms with Gasteiger partial charge >= 0.3 is 0 Å². The number of alkyl halides is 2. The first-order valence-electron chi connectivity index (χ1n) is 8.65. The molecule has 30 heavy (non-hydrogen) atoms. The first-order valence-corrected chi connectivity index (χ1v) is 8.65. The highest BCUT2D eigenvalue weighted by molar-refractivity contribution is 6.00. The normalized spacial score (nSPS) is 11.0. The van der Waals surface area contributed by atoms with Crippen LogP contribution >= 0.6 is 0 Å². The standard InChI is InChI=1S/C19H14F2N6O3/c20-16(21)17-22-12-7-6-10(8-13(12)23-17)18(29)24-25-19(30)15-14(28)9-27(26-15)11-4-2-1-3-5-11/h1-9,16,28H,(H,22,23)(H,24,29)(H,25,30). The number of rotatable bonds is 4. The summed E-state index contributed by atoms with van der Waals surface area (Å²) in [6, 6.07) is 12.9. The third-order valence-electron chi connectivity index (χ3n) is 4.19. The van der Waals surface area contributed by atoms with E-state index in [4.69, 9.17) is 0 Å². The fraction of sp³-hybridized carbons (Fsp3) is 0.0526. The number of nitrogens with one attached hydrogen (secondary N) is 3. The average molecular weight is 412 g/mol. The first kappa shape index (κ1) is 19.1. The molecule has 0 saturated carbocycles. The first-order chi connectivity index (χ1) is 14.4. The molecule has 9 nitrogen and oxygen atoms in total. The lowest BCUT2D eigenvalue weighted by molar-refractivity contribution is 0.0842. The van der Waals surface area contributed by atoms with E-state index in [-0.39, 0.29) is 28.0 Å². The fourth-order valence-corrected chi connectivity index (χ4v) is 2.76. The minimum Gasteiger partial charge on any atom is -0.504 e. The summed E-state index contributed by atoms with van der Waals surface area (Å²) in [5.74, 6) is -2.40. The molecule has 0 atom stereocenters. The van der Waals surface area contributed by atoms with Crippen molar-refractivity contribution in [1.29, 1.82) is 0 Å². The van der Waals surface area contributed by atoms with Gasteiger partial charge in [0, 0.05) is 5.56 Å². The summed E-state index contributed by atoms with van der Waals surface area (Å²) in [4.78, 5) is 30.7. The van der Waals surface area contributed by atoms with Gasteiger partial charge in [-0.15, -0.1) is 0 Å². The molecule has 152 valence electrons. The number of hydrogen-bond acceptors (Lipinski definition) is 5. The molecule has 0 spiro atoms. The fourth-order valence-electron chi connectivity index (χ4n) is 2.76. The lowest BCUT2D eigenvalue weighted by Crippen LogP contribution is -2.41. The van der Waals surface area contributed by atoms with Gasteiger partial charge in [-0.05, 0) is 30.3 Å². The molecule has 0 aliphatic carbocycles. The molecule has 0 unspecified atom stereocenters. The number of aromatic nitrogens is 4. The Kier molecular flexibility index (Phi) is 4.84. The Balaban J connectivity index is 1.45. The zero-order valence-corrected chi connectivity index (χ0v) is 15.1. The summed E-state index contributed by atoms with van der Waals surface area (Å²) in [5.41, 5.74) is 5.32. The number of nitrogens with zero attached hydrogens (tertiary/aromatic N) is 3. The zero-order valence-electron chi connectivity index (χ0n) is 15.1. The number of para-hydroxylation sites is 1. The number of aromatic amines is 1. The van der Waals surface area contributed by atoms with Crippen LogP contribution < -0.4 is 10.9 Å². The Labute approximate surface area is 167 Å². The van der Waals surface area contributed by atoms with Crippen LogP contribution in [0.25, 0.3) is 16.7 Å². The highest BCUT2D eigenvalue weighted by Gasteiger charge is 2.19. The monoisotopic (exact) mass is 412 g/mol. The van der Waals surface area contributed by atoms with E-state index in [0.29, 0.717) is 5.69 Å². The quantitative estimate of drug-likeness (QED) is 0.383. The Hall–Kier alpha value is -4.28. The van der Waals surface area contributed by atoms with Crippen LogP contribution in [0.5, 0.6) is 5.75 Å². The van der Waals surface area contributed by atoms with Crippen molar-refractivity contribution in [1.82, 2.24) is 30.6 Å². The Morgan fingerprint density at radius 1 is 1.07 bits per heavy atom. The zero-order chi connectivity index (χ0) is 21.3. The minimum absolute atomic E-state index is 0.103. The molecular weight excluding hydrogens is 398 g/mol. The summed E-state index contributed by atoms with van der Waals surface area (Å²) in [7, 11) is 0. The third kappa shape index (κ3) is 3.68. The van der Waals surface area contributed by atoms with E-state index in [1.165, 1.54) is 29.1 Å². The van der Waals surface area contributed by atoms with E-state index in [1.807, 2.05) is 6.07 Å². The van der Waals surface area contributed by atoms with Crippen LogP contribution in [0.15, 0.2) is 54.7 Å². The lowest BCUT2D eigenvalue weighted by atomic mass is 10.2. The van der Waals surface area contributed by atoms with Crippen LogP contribution in [-0.4, -0.2) is 36.7 Å². The highest BCUT2D eigenvalue weighted by atomic mass is 19.3. The molecule has 0 radical (unpaired) electrons. The van der Waals surface area contributed by atoms with E-state index < -0.39 is 24.1 Å². The average Bonchev–Trinajstić information content (AvgIpc) is 3.35. The molecule has 2 aromatic heterocycles. The number of aromatic hydroxyl groups is 1. The van der Waals surface area contributed by atoms with E-state index in [2.05, 4.69) is 25.9 Å². The van der Waals surface area contributed by atoms with Gasteiger partial charge in [-0.25, -0.2) is 18.4 Å². The maximum Gasteiger partial charge on any atom is 0.295 e. The number of amides is 2. The van der Waals surface area contributed by atoms with E-state index in [0.717, 1.165) is 0 Å². The Morgan fingerprint density at radius 3 is 2.53 bits per heavy atom. The van der Waals surface area contributed by atoms with Crippen LogP contribution in [-0.2, 0) is 0 Å². The molecule has 0 aliphatic heterocycles. The largest absolute Gasteiger partial charge is 0.504 e. The second-order valence-corrected chi connectivity index (χ2v) is 6.21. The van der Waals surface area contributed by atoms with Gasteiger partial charge in [-0.3, -0.25) is 20.4 Å². The van der Waals surface area contributed by atoms with Crippen molar-refractivity contribution >= 4 is 22.8 Å². The minimum atomic E-state index is -2.77. The number of benzene rings is 2. The summed E-state index contributed by atoms with van der Waals surface area (Å²) in [6.45, 7) is 0. The SMILES string of the molecule is O=C(NNC(=O)c1nn(-c2ccccc2)cc1O)c1ccc2nc(C(F)F)[nH]c2c1. The molecule has 2 amide bonds. The number of hydrazine groups is 1. The maximum atomic E-state index is 12.7. The number of halogens is 2. The predicted octanol–water partition coefficient (Wildman–Crippen LogP) is 2.47. The summed E-state index contributed by atoms with van der Waals surface area (Å²) >= 11 is 0. The van der Waals surface area contributed by atoms with Crippen molar-refractivity contribution in [3.63, 3.8) is 0 Å². The third-order valence-corrected chi connectivity index (χ3v) is 4.19. The van der Waals surface area contributed by atoms with Crippen LogP contribution in [0.3, 0.4) is 0 Å². The van der Waals surface area contributed by atoms with Gasteiger partial charge in [0.25, 0.3) is 18.2 Å². The van der Waals surface area contributed by atoms with Crippen molar-refractivity contribution in [3.8, 4) is 11.4 Å². The molecule has 4 rings (SSSR count). The van der Waals surface area contributed by atoms with Crippen LogP contribution in [0, 0.1) is 0 Å². The number of carbonyl (C=O) groups is 2. The van der Waals surface area contributed by atoms with Gasteiger partial charge in [-0.1, -0.05) is 18.2 Å². The Morgan fingerprint density at radius 2 is 1.80 bits per heavy atom. The van der Waals surface area contributed by atoms with Crippen LogP contribution in [0.4, 0.5) is 8.78 Å². The van der Waals surface area contributed by atoms with Gasteiger partial charge in [0.2, 0.25) is 0 Å². The van der Waals surface area contributed by atoms with E-state index in [1.54, 1.807) is 24.3 Å². The topological polar surface area (TPSA) is 125 Å². The molecule has 0 bridgehead atoms. The van der Waals surface area contributed by atoms with Gasteiger partial charge in [0.15, 0.2) is 17.3 Å². The molecule has 2 heterocycles. The van der Waals surface area contributed by atoms with Crippen molar-refractivity contribution in [2.45, 2.75) is 6.43 Å². The molecule has 4 aromatic rings. The molecule has 0 aliphatic rings. The highest BCUT2D eigenvalue weighted by Crippen LogP contribution is 2.21. The van der Waals surface area contributed by atoms with Gasteiger partial charge in [0.1, 0.15) is 0 Å². The van der Waals surface area contributed by atoms with Crippen molar-refractivity contribution in [2.24, 2.45) is 0 Å². The van der Waals surface area contributed by atoms with Gasteiger partial charge < -0.3 is 10.1 Å². The van der Waals surface area contributed by atoms with Crippen molar-refractivity contribution < 1.29 is 23.5 Å². The van der Waals surface area contributed by atoms with E-state index >= 15 is 0 Å². The maximum absolute atomic E-state index is 12.7. The molecule has 4 N–H and O–H groups in total. The summed E-state index contributed by atoms with van der Waals surface area (Å²) in [6.07, 6.45) is -1.50. The number of hydrogen-bond donors (Lipinski definition) is 4. The summed E-state index contributed by atoms with van der Waals surface area (Å²) in [5, 5.41) is 14.0. The number of fused-ring (bicyclic) bond motifs is 1. The van der Waals surface area contributed by atoms with Crippen LogP contribution in [0.1, 0.15) is 33.1 Å². The predicted molar refractivity (Wildman–Crippen MR) is 101 cm³/mol. The van der Waals surface area contributed by atoms with Crippen molar-refractivity contribution in [3.05, 3.63) is 71.8 Å². The van der Waals surface area contributed by atoms with Crippen molar-refractivity contribution in [2.75, 3.05) is 0 Å². The molecule has 2 aromatic carbocycles. The molecule has 11 heteroatoms. The second-order valence-electron chi connectivity index (χ2n) is 6.21. The molecule has 0 fully saturated rings. The Bertz CT molecular complexity index is 1240. The number of carbonyl (C=O) groups excluding carboxylic acids is 2. The molecular formula is C19H14F2N6O3. The van der Waals surface area contributed by atoms with E-state index in [9.17, 15) is 23.5 Å². The smallest absolute Gasteiger partial charge is 0.295 e. The van der Waals surface area contributed by atoms with Gasteiger partial charge in [-0.2, -0.15) is 5.10 Å². The lowest BCUT2D eigenvalue weighted by Gasteiger charge is -2.06. The van der Waals surface area contributed by atoms with Crippen LogP contribution in [0.2, 0.25) is 0 Å². The number of imidazole rings is 1. The summed E-state index contributed by atoms with van der Waals surface area (Å²) < 4.78 is 26.8. The molecule has 0 saturated heterocycles. The number of H-pyrrole nitrogens is 1.